The molecule has 7 heteroatoms. The zero-order valence-corrected chi connectivity index (χ0v) is 12.5. The highest BCUT2D eigenvalue weighted by molar-refractivity contribution is 5.83. The molecule has 0 radical (unpaired) electrons. The maximum Gasteiger partial charge on any atom is 0.254 e. The Morgan fingerprint density at radius 2 is 2.22 bits per heavy atom. The van der Waals surface area contributed by atoms with Crippen molar-refractivity contribution in [1.82, 2.24) is 24.6 Å². The van der Waals surface area contributed by atoms with Crippen molar-refractivity contribution in [3.63, 3.8) is 0 Å². The van der Waals surface area contributed by atoms with Crippen molar-refractivity contribution in [2.24, 2.45) is 0 Å². The molecule has 2 N–H and O–H groups in total. The molecule has 0 unspecified atom stereocenters. The van der Waals surface area contributed by atoms with Crippen LogP contribution < -0.4 is 5.32 Å². The molecule has 4 rings (SSSR count). The van der Waals surface area contributed by atoms with E-state index >= 15 is 0 Å². The van der Waals surface area contributed by atoms with Crippen molar-refractivity contribution in [2.75, 3.05) is 11.9 Å². The van der Waals surface area contributed by atoms with Gasteiger partial charge in [-0.05, 0) is 37.1 Å². The van der Waals surface area contributed by atoms with Gasteiger partial charge in [-0.15, -0.1) is 0 Å². The van der Waals surface area contributed by atoms with Gasteiger partial charge >= 0.3 is 0 Å². The van der Waals surface area contributed by atoms with Crippen LogP contribution in [0.1, 0.15) is 11.3 Å². The fourth-order valence-corrected chi connectivity index (χ4v) is 2.75. The number of aromatic amines is 1. The van der Waals surface area contributed by atoms with E-state index in [1.54, 1.807) is 4.52 Å². The van der Waals surface area contributed by atoms with Crippen LogP contribution in [0.25, 0.3) is 16.7 Å². The molecule has 0 atom stereocenters. The number of benzene rings is 1. The highest BCUT2D eigenvalue weighted by atomic mass is 19.1. The molecule has 4 aromatic rings. The molecule has 3 heterocycles. The smallest absolute Gasteiger partial charge is 0.254 e. The average molecular weight is 310 g/mol. The van der Waals surface area contributed by atoms with E-state index in [0.717, 1.165) is 40.9 Å². The number of aryl methyl sites for hydroxylation is 1. The van der Waals surface area contributed by atoms with Gasteiger partial charge in [0.25, 0.3) is 5.78 Å². The Hall–Kier alpha value is -2.96. The fraction of sp³-hybridized carbons (Fsp3) is 0.188. The molecule has 0 aliphatic heterocycles. The topological polar surface area (TPSA) is 70.9 Å². The van der Waals surface area contributed by atoms with Gasteiger partial charge in [0.2, 0.25) is 0 Å². The van der Waals surface area contributed by atoms with Gasteiger partial charge in [0.05, 0.1) is 0 Å². The number of hydrogen-bond acceptors (Lipinski definition) is 4. The minimum Gasteiger partial charge on any atom is -0.370 e. The van der Waals surface area contributed by atoms with Crippen LogP contribution in [0.4, 0.5) is 10.2 Å². The van der Waals surface area contributed by atoms with Gasteiger partial charge in [-0.25, -0.2) is 9.37 Å². The summed E-state index contributed by atoms with van der Waals surface area (Å²) in [5.74, 6) is 1.20. The van der Waals surface area contributed by atoms with E-state index in [1.807, 2.05) is 25.3 Å². The molecule has 0 amide bonds. The van der Waals surface area contributed by atoms with Gasteiger partial charge in [0.15, 0.2) is 0 Å². The van der Waals surface area contributed by atoms with Gasteiger partial charge in [0, 0.05) is 35.4 Å². The first-order valence-corrected chi connectivity index (χ1v) is 7.37. The third kappa shape index (κ3) is 2.50. The molecular weight excluding hydrogens is 295 g/mol. The molecule has 3 aromatic heterocycles. The van der Waals surface area contributed by atoms with Crippen molar-refractivity contribution >= 4 is 22.5 Å². The van der Waals surface area contributed by atoms with E-state index in [9.17, 15) is 4.39 Å². The third-order valence-electron chi connectivity index (χ3n) is 3.81. The summed E-state index contributed by atoms with van der Waals surface area (Å²) in [6.45, 7) is 2.65. The largest absolute Gasteiger partial charge is 0.370 e. The summed E-state index contributed by atoms with van der Waals surface area (Å²) in [4.78, 5) is 11.5. The Balaban J connectivity index is 1.53. The number of aromatic nitrogens is 5. The van der Waals surface area contributed by atoms with Gasteiger partial charge in [-0.2, -0.15) is 14.6 Å². The van der Waals surface area contributed by atoms with E-state index in [2.05, 4.69) is 25.4 Å². The number of anilines is 1. The van der Waals surface area contributed by atoms with Crippen molar-refractivity contribution in [3.8, 4) is 0 Å². The van der Waals surface area contributed by atoms with E-state index in [4.69, 9.17) is 0 Å². The van der Waals surface area contributed by atoms with Crippen LogP contribution in [0, 0.1) is 12.7 Å². The summed E-state index contributed by atoms with van der Waals surface area (Å²) in [7, 11) is 0. The summed E-state index contributed by atoms with van der Waals surface area (Å²) < 4.78 is 14.9. The number of hydrogen-bond donors (Lipinski definition) is 2. The number of nitrogens with one attached hydrogen (secondary N) is 2. The zero-order chi connectivity index (χ0) is 15.8. The quantitative estimate of drug-likeness (QED) is 0.608. The zero-order valence-electron chi connectivity index (χ0n) is 12.5. The SMILES string of the molecule is Cc1cc(NCCc2c[nH]c3cc(F)ccc23)n2ncnc2n1. The molecule has 0 fully saturated rings. The van der Waals surface area contributed by atoms with Crippen molar-refractivity contribution in [3.05, 3.63) is 53.9 Å². The van der Waals surface area contributed by atoms with Crippen molar-refractivity contribution in [1.29, 1.82) is 0 Å². The summed E-state index contributed by atoms with van der Waals surface area (Å²) in [5, 5.41) is 8.58. The second-order valence-electron chi connectivity index (χ2n) is 5.44. The minimum absolute atomic E-state index is 0.232. The lowest BCUT2D eigenvalue weighted by Gasteiger charge is -2.08. The Morgan fingerprint density at radius 1 is 1.30 bits per heavy atom. The van der Waals surface area contributed by atoms with Crippen molar-refractivity contribution in [2.45, 2.75) is 13.3 Å². The normalized spacial score (nSPS) is 11.4. The molecular formula is C16H15FN6. The maximum atomic E-state index is 13.2. The molecule has 0 aliphatic carbocycles. The van der Waals surface area contributed by atoms with E-state index < -0.39 is 0 Å². The standard InChI is InChI=1S/C16H15FN6/c1-10-6-15(23-16(22-10)20-9-21-23)18-5-4-11-8-19-14-7-12(17)2-3-13(11)14/h2-3,6-9,18-19H,4-5H2,1H3. The van der Waals surface area contributed by atoms with Crippen LogP contribution in [-0.2, 0) is 6.42 Å². The fourth-order valence-electron chi connectivity index (χ4n) is 2.75. The first-order valence-electron chi connectivity index (χ1n) is 7.37. The Labute approximate surface area is 131 Å². The number of rotatable bonds is 4. The highest BCUT2D eigenvalue weighted by Gasteiger charge is 2.07. The summed E-state index contributed by atoms with van der Waals surface area (Å²) in [6, 6.07) is 6.74. The summed E-state index contributed by atoms with van der Waals surface area (Å²) in [6.07, 6.45) is 4.22. The van der Waals surface area contributed by atoms with Gasteiger partial charge in [-0.1, -0.05) is 0 Å². The molecule has 1 aromatic carbocycles. The minimum atomic E-state index is -0.232. The molecule has 23 heavy (non-hydrogen) atoms. The number of halogens is 1. The Morgan fingerprint density at radius 3 is 3.13 bits per heavy atom. The lowest BCUT2D eigenvalue weighted by molar-refractivity contribution is 0.629. The van der Waals surface area contributed by atoms with Crippen LogP contribution in [-0.4, -0.2) is 31.1 Å². The van der Waals surface area contributed by atoms with Gasteiger partial charge in [0.1, 0.15) is 18.0 Å². The number of fused-ring (bicyclic) bond motifs is 2. The van der Waals surface area contributed by atoms with E-state index in [-0.39, 0.29) is 5.82 Å². The molecule has 0 saturated heterocycles. The summed E-state index contributed by atoms with van der Waals surface area (Å²) in [5.41, 5.74) is 2.85. The Bertz CT molecular complexity index is 987. The van der Waals surface area contributed by atoms with Crippen LogP contribution in [0.15, 0.2) is 36.8 Å². The maximum absolute atomic E-state index is 13.2. The van der Waals surface area contributed by atoms with E-state index in [1.165, 1.54) is 18.5 Å². The van der Waals surface area contributed by atoms with Crippen LogP contribution in [0.3, 0.4) is 0 Å². The lowest BCUT2D eigenvalue weighted by atomic mass is 10.1. The van der Waals surface area contributed by atoms with Gasteiger partial charge < -0.3 is 10.3 Å². The predicted octanol–water partition coefficient (Wildman–Crippen LogP) is 2.71. The monoisotopic (exact) mass is 310 g/mol. The number of nitrogens with zero attached hydrogens (tertiary/aromatic N) is 4. The number of H-pyrrole nitrogens is 1. The summed E-state index contributed by atoms with van der Waals surface area (Å²) >= 11 is 0. The third-order valence-corrected chi connectivity index (χ3v) is 3.81. The molecule has 0 bridgehead atoms. The average Bonchev–Trinajstić information content (AvgIpc) is 3.13. The Kier molecular flexibility index (Phi) is 3.18. The lowest BCUT2D eigenvalue weighted by Crippen LogP contribution is -2.10. The van der Waals surface area contributed by atoms with Crippen LogP contribution in [0.2, 0.25) is 0 Å². The highest BCUT2D eigenvalue weighted by Crippen LogP contribution is 2.20. The second-order valence-corrected chi connectivity index (χ2v) is 5.44. The van der Waals surface area contributed by atoms with Crippen LogP contribution in [0.5, 0.6) is 0 Å². The molecule has 6 nitrogen and oxygen atoms in total. The first-order chi connectivity index (χ1) is 11.2. The van der Waals surface area contributed by atoms with Crippen LogP contribution >= 0.6 is 0 Å². The molecule has 116 valence electrons. The second kappa shape index (κ2) is 5.35. The predicted molar refractivity (Wildman–Crippen MR) is 86.0 cm³/mol. The van der Waals surface area contributed by atoms with Gasteiger partial charge in [-0.3, -0.25) is 0 Å². The van der Waals surface area contributed by atoms with E-state index in [0.29, 0.717) is 5.78 Å². The molecule has 0 aliphatic rings. The first kappa shape index (κ1) is 13.7. The van der Waals surface area contributed by atoms with Crippen molar-refractivity contribution < 1.29 is 4.39 Å². The molecule has 0 saturated carbocycles. The molecule has 0 spiro atoms.